The first-order valence-corrected chi connectivity index (χ1v) is 10.2. The highest BCUT2D eigenvalue weighted by Crippen LogP contribution is 2.23. The van der Waals surface area contributed by atoms with Gasteiger partial charge in [-0.05, 0) is 36.8 Å². The van der Waals surface area contributed by atoms with E-state index in [1.165, 1.54) is 22.5 Å². The fraction of sp³-hybridized carbons (Fsp3) is 0.167. The molecule has 2 N–H and O–H groups in total. The van der Waals surface area contributed by atoms with Crippen molar-refractivity contribution in [1.29, 1.82) is 0 Å². The predicted octanol–water partition coefficient (Wildman–Crippen LogP) is 5.58. The number of rotatable bonds is 6. The van der Waals surface area contributed by atoms with Crippen LogP contribution in [0.1, 0.15) is 16.1 Å². The van der Waals surface area contributed by atoms with Crippen molar-refractivity contribution in [3.05, 3.63) is 69.7 Å². The third-order valence-electron chi connectivity index (χ3n) is 3.37. The molecule has 0 saturated heterocycles. The molecule has 0 fully saturated rings. The summed E-state index contributed by atoms with van der Waals surface area (Å²) in [6, 6.07) is 15.0. The van der Waals surface area contributed by atoms with Crippen molar-refractivity contribution in [2.24, 2.45) is 0 Å². The molecule has 3 aromatic rings. The van der Waals surface area contributed by atoms with Crippen LogP contribution < -0.4 is 10.6 Å². The molecule has 0 saturated carbocycles. The minimum atomic E-state index is -0.359. The lowest BCUT2D eigenvalue weighted by Crippen LogP contribution is -2.19. The van der Waals surface area contributed by atoms with E-state index >= 15 is 0 Å². The highest BCUT2D eigenvalue weighted by atomic mass is 35.5. The molecule has 3 rings (SSSR count). The van der Waals surface area contributed by atoms with E-state index in [1.54, 1.807) is 36.0 Å². The molecule has 8 heteroatoms. The van der Waals surface area contributed by atoms with Gasteiger partial charge in [0.15, 0.2) is 0 Å². The smallest absolute Gasteiger partial charge is 0.308 e. The van der Waals surface area contributed by atoms with Crippen molar-refractivity contribution in [3.8, 4) is 0 Å². The molecule has 0 unspecified atom stereocenters. The number of nitrogens with zero attached hydrogens (tertiary/aromatic N) is 2. The van der Waals surface area contributed by atoms with E-state index in [-0.39, 0.29) is 6.03 Å². The van der Waals surface area contributed by atoms with Crippen LogP contribution in [0.2, 0.25) is 5.02 Å². The molecule has 0 aliphatic carbocycles. The molecule has 2 amide bonds. The lowest BCUT2D eigenvalue weighted by molar-refractivity contribution is 0.262. The number of benzene rings is 2. The second-order valence-corrected chi connectivity index (χ2v) is 8.05. The number of amides is 2. The molecule has 26 heavy (non-hydrogen) atoms. The summed E-state index contributed by atoms with van der Waals surface area (Å²) in [6.07, 6.45) is 0. The third-order valence-corrected chi connectivity index (χ3v) is 5.65. The summed E-state index contributed by atoms with van der Waals surface area (Å²) >= 11 is 8.97. The zero-order valence-corrected chi connectivity index (χ0v) is 16.4. The van der Waals surface area contributed by atoms with Crippen LogP contribution in [0.4, 0.5) is 15.6 Å². The summed E-state index contributed by atoms with van der Waals surface area (Å²) in [5.74, 6) is 1.67. The van der Waals surface area contributed by atoms with E-state index < -0.39 is 0 Å². The number of carbonyl (C=O) groups excluding carboxylic acids is 1. The zero-order chi connectivity index (χ0) is 18.4. The van der Waals surface area contributed by atoms with Crippen LogP contribution in [0.25, 0.3) is 0 Å². The molecule has 0 bridgehead atoms. The quantitative estimate of drug-likeness (QED) is 0.563. The Hall–Kier alpha value is -2.09. The number of aromatic nitrogens is 2. The van der Waals surface area contributed by atoms with Crippen molar-refractivity contribution in [2.45, 2.75) is 18.4 Å². The van der Waals surface area contributed by atoms with Crippen LogP contribution in [0.3, 0.4) is 0 Å². The predicted molar refractivity (Wildman–Crippen MR) is 110 cm³/mol. The molecule has 0 spiro atoms. The van der Waals surface area contributed by atoms with E-state index in [4.69, 9.17) is 11.6 Å². The van der Waals surface area contributed by atoms with Crippen LogP contribution in [0, 0.1) is 6.92 Å². The highest BCUT2D eigenvalue weighted by Gasteiger charge is 2.08. The maximum Gasteiger partial charge on any atom is 0.325 e. The molecule has 1 aromatic heterocycles. The Labute approximate surface area is 165 Å². The molecule has 5 nitrogen and oxygen atoms in total. The van der Waals surface area contributed by atoms with Crippen molar-refractivity contribution < 1.29 is 4.79 Å². The number of anilines is 2. The summed E-state index contributed by atoms with van der Waals surface area (Å²) < 4.78 is 0. The van der Waals surface area contributed by atoms with Crippen molar-refractivity contribution in [1.82, 2.24) is 10.2 Å². The number of hydrogen-bond acceptors (Lipinski definition) is 5. The average molecular weight is 405 g/mol. The van der Waals surface area contributed by atoms with Gasteiger partial charge in [0.2, 0.25) is 5.13 Å². The van der Waals surface area contributed by atoms with Gasteiger partial charge >= 0.3 is 6.03 Å². The molecular formula is C18H17ClN4OS2. The molecule has 0 aliphatic heterocycles. The topological polar surface area (TPSA) is 66.9 Å². The second-order valence-electron chi connectivity index (χ2n) is 5.57. The number of nitrogens with one attached hydrogen (secondary N) is 2. The van der Waals surface area contributed by atoms with Crippen LogP contribution in [0.15, 0.2) is 48.5 Å². The summed E-state index contributed by atoms with van der Waals surface area (Å²) in [7, 11) is 0. The minimum absolute atomic E-state index is 0.359. The maximum absolute atomic E-state index is 12.0. The van der Waals surface area contributed by atoms with Gasteiger partial charge in [0.25, 0.3) is 0 Å². The molecule has 0 atom stereocenters. The lowest BCUT2D eigenvalue weighted by Gasteiger charge is -2.04. The monoisotopic (exact) mass is 404 g/mol. The van der Waals surface area contributed by atoms with Crippen molar-refractivity contribution >= 4 is 51.5 Å². The Balaban J connectivity index is 1.46. The fourth-order valence-corrected chi connectivity index (χ4v) is 4.10. The highest BCUT2D eigenvalue weighted by molar-refractivity contribution is 7.97. The first-order valence-electron chi connectivity index (χ1n) is 7.88. The number of carbonyl (C=O) groups is 1. The number of halogens is 1. The number of aryl methyl sites for hydroxylation is 1. The van der Waals surface area contributed by atoms with Crippen LogP contribution >= 0.6 is 34.7 Å². The van der Waals surface area contributed by atoms with E-state index in [1.807, 2.05) is 0 Å². The third kappa shape index (κ3) is 5.72. The van der Waals surface area contributed by atoms with E-state index in [2.05, 4.69) is 52.0 Å². The van der Waals surface area contributed by atoms with Crippen molar-refractivity contribution in [2.75, 3.05) is 10.6 Å². The largest absolute Gasteiger partial charge is 0.325 e. The Morgan fingerprint density at radius 1 is 1.12 bits per heavy atom. The first-order chi connectivity index (χ1) is 12.6. The Kier molecular flexibility index (Phi) is 6.49. The Morgan fingerprint density at radius 2 is 1.92 bits per heavy atom. The van der Waals surface area contributed by atoms with Gasteiger partial charge in [0.1, 0.15) is 5.01 Å². The zero-order valence-electron chi connectivity index (χ0n) is 14.0. The average Bonchev–Trinajstić information content (AvgIpc) is 3.04. The summed E-state index contributed by atoms with van der Waals surface area (Å²) in [5.41, 5.74) is 3.21. The molecule has 134 valence electrons. The van der Waals surface area contributed by atoms with E-state index in [0.29, 0.717) is 15.8 Å². The van der Waals surface area contributed by atoms with Gasteiger partial charge in [0.05, 0.1) is 0 Å². The normalized spacial score (nSPS) is 10.5. The second kappa shape index (κ2) is 9.02. The van der Waals surface area contributed by atoms with Gasteiger partial charge in [0, 0.05) is 22.2 Å². The Morgan fingerprint density at radius 3 is 2.69 bits per heavy atom. The molecule has 1 heterocycles. The van der Waals surface area contributed by atoms with Gasteiger partial charge in [-0.1, -0.05) is 52.8 Å². The van der Waals surface area contributed by atoms with E-state index in [9.17, 15) is 4.79 Å². The van der Waals surface area contributed by atoms with Crippen LogP contribution in [-0.4, -0.2) is 16.2 Å². The number of urea groups is 1. The summed E-state index contributed by atoms with van der Waals surface area (Å²) in [6.45, 7) is 2.09. The SMILES string of the molecule is Cc1cccc(CSCc2nnc(NC(=O)Nc3ccc(Cl)cc3)s2)c1. The summed E-state index contributed by atoms with van der Waals surface area (Å²) in [4.78, 5) is 12.0. The number of hydrogen-bond donors (Lipinski definition) is 2. The molecular weight excluding hydrogens is 388 g/mol. The van der Waals surface area contributed by atoms with Crippen molar-refractivity contribution in [3.63, 3.8) is 0 Å². The summed E-state index contributed by atoms with van der Waals surface area (Å²) in [5, 5.41) is 15.5. The van der Waals surface area contributed by atoms with E-state index in [0.717, 1.165) is 16.5 Å². The van der Waals surface area contributed by atoms with Gasteiger partial charge in [-0.25, -0.2) is 4.79 Å². The van der Waals surface area contributed by atoms with Crippen LogP contribution in [-0.2, 0) is 11.5 Å². The maximum atomic E-state index is 12.0. The first kappa shape index (κ1) is 18.7. The minimum Gasteiger partial charge on any atom is -0.308 e. The lowest BCUT2D eigenvalue weighted by atomic mass is 10.2. The Bertz CT molecular complexity index is 883. The number of thioether (sulfide) groups is 1. The standard InChI is InChI=1S/C18H17ClN4OS2/c1-12-3-2-4-13(9-12)10-25-11-16-22-23-18(26-16)21-17(24)20-15-7-5-14(19)6-8-15/h2-9H,10-11H2,1H3,(H2,20,21,23,24). The van der Waals surface area contributed by atoms with Crippen LogP contribution in [0.5, 0.6) is 0 Å². The van der Waals surface area contributed by atoms with Gasteiger partial charge in [-0.15, -0.1) is 22.0 Å². The van der Waals surface area contributed by atoms with Gasteiger partial charge in [-0.3, -0.25) is 5.32 Å². The van der Waals surface area contributed by atoms with Gasteiger partial charge in [-0.2, -0.15) is 0 Å². The molecule has 2 aromatic carbocycles. The fourth-order valence-electron chi connectivity index (χ4n) is 2.21. The van der Waals surface area contributed by atoms with Gasteiger partial charge < -0.3 is 5.32 Å². The molecule has 0 aliphatic rings. The molecule has 0 radical (unpaired) electrons.